The number of alkyl halides is 6. The Bertz CT molecular complexity index is 1300. The smallest absolute Gasteiger partial charge is 0.416 e. The quantitative estimate of drug-likeness (QED) is 0.321. The molecule has 0 spiro atoms. The van der Waals surface area contributed by atoms with Gasteiger partial charge in [-0.2, -0.15) is 31.3 Å². The van der Waals surface area contributed by atoms with Gasteiger partial charge in [-0.3, -0.25) is 4.79 Å². The molecule has 1 amide bonds. The summed E-state index contributed by atoms with van der Waals surface area (Å²) in [5.74, 6) is -1.42. The Morgan fingerprint density at radius 2 is 1.67 bits per heavy atom. The van der Waals surface area contributed by atoms with Crippen molar-refractivity contribution in [3.8, 4) is 17.3 Å². The highest BCUT2D eigenvalue weighted by Gasteiger charge is 2.36. The number of carbonyl (C=O) groups is 1. The second kappa shape index (κ2) is 12.2. The van der Waals surface area contributed by atoms with E-state index < -0.39 is 35.2 Å². The molecular weight excluding hydrogens is 557 g/mol. The van der Waals surface area contributed by atoms with Crippen LogP contribution in [0.4, 0.5) is 30.7 Å². The predicted molar refractivity (Wildman–Crippen MR) is 129 cm³/mol. The van der Waals surface area contributed by atoms with E-state index in [1.165, 1.54) is 6.07 Å². The van der Waals surface area contributed by atoms with E-state index in [2.05, 4.69) is 15.3 Å². The Labute approximate surface area is 223 Å². The Kier molecular flexibility index (Phi) is 9.38. The molecular formula is C25H22ClF7N4O2. The van der Waals surface area contributed by atoms with Crippen molar-refractivity contribution >= 4 is 17.5 Å². The van der Waals surface area contributed by atoms with Crippen LogP contribution < -0.4 is 10.1 Å². The molecule has 0 aliphatic heterocycles. The third kappa shape index (κ3) is 8.27. The van der Waals surface area contributed by atoms with Gasteiger partial charge in [0.05, 0.1) is 27.4 Å². The molecule has 14 heteroatoms. The van der Waals surface area contributed by atoms with Gasteiger partial charge in [0, 0.05) is 24.8 Å². The van der Waals surface area contributed by atoms with Crippen LogP contribution in [0.3, 0.4) is 0 Å². The molecule has 210 valence electrons. The van der Waals surface area contributed by atoms with E-state index in [0.29, 0.717) is 18.7 Å². The van der Waals surface area contributed by atoms with E-state index in [1.807, 2.05) is 19.0 Å². The van der Waals surface area contributed by atoms with Crippen molar-refractivity contribution < 1.29 is 40.3 Å². The van der Waals surface area contributed by atoms with Crippen LogP contribution in [0.2, 0.25) is 5.02 Å². The minimum atomic E-state index is -4.99. The lowest BCUT2D eigenvalue weighted by Gasteiger charge is -2.15. The fourth-order valence-corrected chi connectivity index (χ4v) is 3.64. The topological polar surface area (TPSA) is 67.3 Å². The number of nitrogens with zero attached hydrogens (tertiary/aromatic N) is 3. The fourth-order valence-electron chi connectivity index (χ4n) is 3.39. The molecule has 0 aliphatic carbocycles. The maximum absolute atomic E-state index is 13.6. The first-order valence-electron chi connectivity index (χ1n) is 11.3. The number of aromatic nitrogens is 2. The molecule has 0 atom stereocenters. The average molecular weight is 579 g/mol. The van der Waals surface area contributed by atoms with Crippen LogP contribution in [-0.2, 0) is 18.8 Å². The van der Waals surface area contributed by atoms with Crippen molar-refractivity contribution in [3.05, 3.63) is 75.7 Å². The monoisotopic (exact) mass is 578 g/mol. The van der Waals surface area contributed by atoms with Crippen molar-refractivity contribution in [3.63, 3.8) is 0 Å². The summed E-state index contributed by atoms with van der Waals surface area (Å²) < 4.78 is 97.8. The summed E-state index contributed by atoms with van der Waals surface area (Å²) in [4.78, 5) is 23.0. The molecule has 0 radical (unpaired) electrons. The number of nitrogens with one attached hydrogen (secondary N) is 1. The van der Waals surface area contributed by atoms with Gasteiger partial charge >= 0.3 is 18.4 Å². The standard InChI is InChI=1S/C25H22ClF7N4O2/c1-37(2)7-8-39-23-35-13-19(21(36-23)18-4-3-17(27)12-20(18)26)22(38)34-6-5-14-9-15(24(28,29)30)11-16(10-14)25(31,32)33/h3-4,9-13H,5-8H2,1-2H3,(H,34,38). The maximum atomic E-state index is 13.6. The van der Waals surface area contributed by atoms with E-state index in [0.717, 1.165) is 18.3 Å². The highest BCUT2D eigenvalue weighted by atomic mass is 35.5. The molecule has 39 heavy (non-hydrogen) atoms. The number of carbonyl (C=O) groups excluding carboxylic acids is 1. The maximum Gasteiger partial charge on any atom is 0.416 e. The van der Waals surface area contributed by atoms with E-state index in [-0.39, 0.29) is 59.1 Å². The molecule has 2 aromatic carbocycles. The van der Waals surface area contributed by atoms with E-state index in [4.69, 9.17) is 16.3 Å². The molecule has 0 aliphatic rings. The normalized spacial score (nSPS) is 12.1. The van der Waals surface area contributed by atoms with E-state index in [9.17, 15) is 35.5 Å². The van der Waals surface area contributed by atoms with Gasteiger partial charge in [0.2, 0.25) is 0 Å². The van der Waals surface area contributed by atoms with Crippen LogP contribution in [0.5, 0.6) is 6.01 Å². The van der Waals surface area contributed by atoms with Crippen LogP contribution in [0.1, 0.15) is 27.0 Å². The van der Waals surface area contributed by atoms with Crippen LogP contribution in [0.25, 0.3) is 11.3 Å². The van der Waals surface area contributed by atoms with Crippen LogP contribution in [0.15, 0.2) is 42.6 Å². The summed E-state index contributed by atoms with van der Waals surface area (Å²) in [7, 11) is 3.65. The van der Waals surface area contributed by atoms with E-state index >= 15 is 0 Å². The molecule has 3 rings (SSSR count). The van der Waals surface area contributed by atoms with Gasteiger partial charge in [0.15, 0.2) is 0 Å². The second-order valence-electron chi connectivity index (χ2n) is 8.61. The van der Waals surface area contributed by atoms with Crippen molar-refractivity contribution in [1.82, 2.24) is 20.2 Å². The molecule has 0 unspecified atom stereocenters. The Morgan fingerprint density at radius 1 is 1.03 bits per heavy atom. The first-order chi connectivity index (χ1) is 18.1. The summed E-state index contributed by atoms with van der Waals surface area (Å²) in [5, 5.41) is 2.37. The van der Waals surface area contributed by atoms with Gasteiger partial charge in [-0.1, -0.05) is 11.6 Å². The van der Waals surface area contributed by atoms with Gasteiger partial charge in [0.1, 0.15) is 12.4 Å². The lowest BCUT2D eigenvalue weighted by atomic mass is 10.0. The summed E-state index contributed by atoms with van der Waals surface area (Å²) in [5.41, 5.74) is -3.14. The van der Waals surface area contributed by atoms with Crippen LogP contribution in [0, 0.1) is 5.82 Å². The lowest BCUT2D eigenvalue weighted by molar-refractivity contribution is -0.143. The second-order valence-corrected chi connectivity index (χ2v) is 9.02. The highest BCUT2D eigenvalue weighted by Crippen LogP contribution is 2.36. The zero-order valence-corrected chi connectivity index (χ0v) is 21.3. The minimum Gasteiger partial charge on any atom is -0.462 e. The zero-order chi connectivity index (χ0) is 29.0. The van der Waals surface area contributed by atoms with E-state index in [1.54, 1.807) is 0 Å². The lowest BCUT2D eigenvalue weighted by Crippen LogP contribution is -2.27. The van der Waals surface area contributed by atoms with Crippen molar-refractivity contribution in [2.75, 3.05) is 33.8 Å². The van der Waals surface area contributed by atoms with Gasteiger partial charge in [-0.15, -0.1) is 0 Å². The predicted octanol–water partition coefficient (Wildman–Crippen LogP) is 5.89. The zero-order valence-electron chi connectivity index (χ0n) is 20.6. The summed E-state index contributed by atoms with van der Waals surface area (Å²) >= 11 is 6.16. The number of benzene rings is 2. The molecule has 6 nitrogen and oxygen atoms in total. The molecule has 1 aromatic heterocycles. The number of rotatable bonds is 9. The first-order valence-corrected chi connectivity index (χ1v) is 11.7. The number of halogens is 8. The number of amides is 1. The number of hydrogen-bond donors (Lipinski definition) is 1. The third-order valence-corrected chi connectivity index (χ3v) is 5.63. The summed E-state index contributed by atoms with van der Waals surface area (Å²) in [6.07, 6.45) is -9.18. The molecule has 0 saturated carbocycles. The van der Waals surface area contributed by atoms with Crippen LogP contribution >= 0.6 is 11.6 Å². The average Bonchev–Trinajstić information content (AvgIpc) is 2.82. The summed E-state index contributed by atoms with van der Waals surface area (Å²) in [6.45, 7) is 0.435. The first kappa shape index (κ1) is 30.1. The van der Waals surface area contributed by atoms with Crippen molar-refractivity contribution in [2.24, 2.45) is 0 Å². The Morgan fingerprint density at radius 3 is 2.23 bits per heavy atom. The molecule has 1 heterocycles. The SMILES string of the molecule is CN(C)CCOc1ncc(C(=O)NCCc2cc(C(F)(F)F)cc(C(F)(F)F)c2)c(-c2ccc(F)cc2Cl)n1. The molecule has 0 bridgehead atoms. The largest absolute Gasteiger partial charge is 0.462 e. The van der Waals surface area contributed by atoms with Gasteiger partial charge in [-0.25, -0.2) is 9.37 Å². The fraction of sp³-hybridized carbons (Fsp3) is 0.320. The third-order valence-electron chi connectivity index (χ3n) is 5.31. The number of hydrogen-bond acceptors (Lipinski definition) is 5. The molecule has 3 aromatic rings. The highest BCUT2D eigenvalue weighted by molar-refractivity contribution is 6.33. The van der Waals surface area contributed by atoms with Gasteiger partial charge in [0.25, 0.3) is 5.91 Å². The Balaban J connectivity index is 1.85. The molecule has 0 fully saturated rings. The number of ether oxygens (including phenoxy) is 1. The van der Waals surface area contributed by atoms with Gasteiger partial charge in [-0.05, 0) is 62.5 Å². The van der Waals surface area contributed by atoms with Crippen molar-refractivity contribution in [2.45, 2.75) is 18.8 Å². The summed E-state index contributed by atoms with van der Waals surface area (Å²) in [6, 6.07) is 4.53. The molecule has 0 saturated heterocycles. The minimum absolute atomic E-state index is 0.00854. The number of likely N-dealkylation sites (N-methyl/N-ethyl adjacent to an activating group) is 1. The van der Waals surface area contributed by atoms with Gasteiger partial charge < -0.3 is 15.0 Å². The van der Waals surface area contributed by atoms with Crippen molar-refractivity contribution in [1.29, 1.82) is 0 Å². The molecule has 1 N–H and O–H groups in total. The Hall–Kier alpha value is -3.45. The van der Waals surface area contributed by atoms with Crippen LogP contribution in [-0.4, -0.2) is 54.6 Å².